The second-order valence-corrected chi connectivity index (χ2v) is 8.94. The highest BCUT2D eigenvalue weighted by Crippen LogP contribution is 2.41. The summed E-state index contributed by atoms with van der Waals surface area (Å²) >= 11 is 3.48. The van der Waals surface area contributed by atoms with Gasteiger partial charge in [0.1, 0.15) is 17.6 Å². The van der Waals surface area contributed by atoms with Crippen LogP contribution in [-0.4, -0.2) is 11.9 Å². The highest BCUT2D eigenvalue weighted by atomic mass is 79.9. The molecule has 0 unspecified atom stereocenters. The van der Waals surface area contributed by atoms with Crippen LogP contribution in [-0.2, 0) is 16.0 Å². The fourth-order valence-corrected chi connectivity index (χ4v) is 4.43. The number of ketones is 1. The molecule has 0 spiro atoms. The van der Waals surface area contributed by atoms with Gasteiger partial charge in [-0.3, -0.25) is 4.79 Å². The lowest BCUT2D eigenvalue weighted by Crippen LogP contribution is -2.26. The molecule has 3 nitrogen and oxygen atoms in total. The fraction of sp³-hybridized carbons (Fsp3) is 0.214. The van der Waals surface area contributed by atoms with Crippen molar-refractivity contribution in [3.8, 4) is 6.07 Å². The Morgan fingerprint density at radius 1 is 0.969 bits per heavy atom. The Bertz CT molecular complexity index is 1130. The predicted molar refractivity (Wildman–Crippen MR) is 130 cm³/mol. The van der Waals surface area contributed by atoms with Gasteiger partial charge in [0, 0.05) is 28.8 Å². The van der Waals surface area contributed by atoms with E-state index in [1.54, 1.807) is 0 Å². The third-order valence-corrected chi connectivity index (χ3v) is 6.32. The summed E-state index contributed by atoms with van der Waals surface area (Å²) in [6.45, 7) is 0. The Hall–Kier alpha value is -3.16. The van der Waals surface area contributed by atoms with E-state index < -0.39 is 0 Å². The van der Waals surface area contributed by atoms with Crippen LogP contribution in [0, 0.1) is 11.3 Å². The topological polar surface area (TPSA) is 50.1 Å². The molecule has 0 radical (unpaired) electrons. The van der Waals surface area contributed by atoms with Gasteiger partial charge in [0.2, 0.25) is 0 Å². The molecule has 0 amide bonds. The van der Waals surface area contributed by atoms with Crippen LogP contribution < -0.4 is 0 Å². The average Bonchev–Trinajstić information content (AvgIpc) is 2.84. The first-order chi connectivity index (χ1) is 15.6. The van der Waals surface area contributed by atoms with Crippen LogP contribution >= 0.6 is 15.9 Å². The number of nitriles is 1. The molecule has 0 aliphatic carbocycles. The lowest BCUT2D eigenvalue weighted by molar-refractivity contribution is -0.121. The first-order valence-corrected chi connectivity index (χ1v) is 11.6. The minimum Gasteiger partial charge on any atom is -0.488 e. The molecule has 1 aliphatic rings. The van der Waals surface area contributed by atoms with Gasteiger partial charge < -0.3 is 4.74 Å². The molecule has 32 heavy (non-hydrogen) atoms. The molecular formula is C28H24BrNO2. The molecule has 0 saturated carbocycles. The average molecular weight is 486 g/mol. The Morgan fingerprint density at radius 3 is 2.28 bits per heavy atom. The van der Waals surface area contributed by atoms with Crippen LogP contribution in [0.2, 0.25) is 0 Å². The maximum Gasteiger partial charge on any atom is 0.141 e. The number of hydrogen-bond donors (Lipinski definition) is 0. The summed E-state index contributed by atoms with van der Waals surface area (Å²) in [5, 5.41) is 10.0. The van der Waals surface area contributed by atoms with E-state index in [4.69, 9.17) is 4.74 Å². The number of rotatable bonds is 7. The van der Waals surface area contributed by atoms with Crippen molar-refractivity contribution in [1.29, 1.82) is 5.26 Å². The van der Waals surface area contributed by atoms with Crippen molar-refractivity contribution in [1.82, 2.24) is 0 Å². The first-order valence-electron chi connectivity index (χ1n) is 10.8. The smallest absolute Gasteiger partial charge is 0.141 e. The molecule has 0 bridgehead atoms. The third kappa shape index (κ3) is 5.36. The Morgan fingerprint density at radius 2 is 1.62 bits per heavy atom. The van der Waals surface area contributed by atoms with Crippen molar-refractivity contribution in [2.24, 2.45) is 0 Å². The largest absolute Gasteiger partial charge is 0.488 e. The number of ether oxygens (including phenoxy) is 1. The molecule has 0 aromatic heterocycles. The number of nitrogens with zero attached hydrogens (tertiary/aromatic N) is 1. The van der Waals surface area contributed by atoms with Crippen LogP contribution in [0.25, 0.3) is 5.76 Å². The first kappa shape index (κ1) is 22.0. The van der Waals surface area contributed by atoms with Crippen molar-refractivity contribution < 1.29 is 9.53 Å². The van der Waals surface area contributed by atoms with Crippen molar-refractivity contribution in [3.63, 3.8) is 0 Å². The molecule has 3 aromatic carbocycles. The SMILES string of the molecule is N#CC1=C(c2ccccc2)O[C@H](CC(=O)CCc2ccccc2)C[C@@H]1c1ccc(Br)cc1. The molecule has 4 heteroatoms. The molecule has 0 fully saturated rings. The van der Waals surface area contributed by atoms with E-state index in [9.17, 15) is 10.1 Å². The maximum absolute atomic E-state index is 12.8. The van der Waals surface area contributed by atoms with Gasteiger partial charge in [0.25, 0.3) is 0 Å². The maximum atomic E-state index is 12.8. The zero-order valence-corrected chi connectivity index (χ0v) is 19.3. The Balaban J connectivity index is 1.58. The van der Waals surface area contributed by atoms with Crippen LogP contribution in [0.4, 0.5) is 0 Å². The van der Waals surface area contributed by atoms with Crippen LogP contribution in [0.15, 0.2) is 95.0 Å². The molecule has 4 rings (SSSR count). The molecule has 160 valence electrons. The van der Waals surface area contributed by atoms with Gasteiger partial charge in [-0.15, -0.1) is 0 Å². The van der Waals surface area contributed by atoms with E-state index in [2.05, 4.69) is 22.0 Å². The van der Waals surface area contributed by atoms with Crippen molar-refractivity contribution in [2.75, 3.05) is 0 Å². The summed E-state index contributed by atoms with van der Waals surface area (Å²) in [4.78, 5) is 12.8. The summed E-state index contributed by atoms with van der Waals surface area (Å²) in [6, 6.07) is 30.2. The summed E-state index contributed by atoms with van der Waals surface area (Å²) in [5.74, 6) is 0.665. The number of carbonyl (C=O) groups excluding carboxylic acids is 1. The van der Waals surface area contributed by atoms with Gasteiger partial charge >= 0.3 is 0 Å². The van der Waals surface area contributed by atoms with Gasteiger partial charge in [-0.05, 0) is 36.1 Å². The van der Waals surface area contributed by atoms with E-state index in [1.165, 1.54) is 0 Å². The number of halogens is 1. The van der Waals surface area contributed by atoms with Crippen LogP contribution in [0.3, 0.4) is 0 Å². The number of allylic oxidation sites excluding steroid dienone is 1. The number of hydrogen-bond acceptors (Lipinski definition) is 3. The second kappa shape index (κ2) is 10.4. The monoisotopic (exact) mass is 485 g/mol. The highest BCUT2D eigenvalue weighted by Gasteiger charge is 2.33. The van der Waals surface area contributed by atoms with Crippen LogP contribution in [0.5, 0.6) is 0 Å². The molecule has 0 saturated heterocycles. The normalized spacial score (nSPS) is 18.0. The number of carbonyl (C=O) groups is 1. The molecule has 1 aliphatic heterocycles. The van der Waals surface area contributed by atoms with E-state index in [0.717, 1.165) is 27.6 Å². The fourth-order valence-electron chi connectivity index (χ4n) is 4.17. The molecule has 0 N–H and O–H groups in total. The summed E-state index contributed by atoms with van der Waals surface area (Å²) in [6.07, 6.45) is 1.90. The van der Waals surface area contributed by atoms with Crippen molar-refractivity contribution in [2.45, 2.75) is 37.7 Å². The minimum absolute atomic E-state index is 0.107. The number of aryl methyl sites for hydroxylation is 1. The van der Waals surface area contributed by atoms with E-state index >= 15 is 0 Å². The zero-order valence-electron chi connectivity index (χ0n) is 17.7. The Kier molecular flexibility index (Phi) is 7.19. The van der Waals surface area contributed by atoms with E-state index in [-0.39, 0.29) is 17.8 Å². The summed E-state index contributed by atoms with van der Waals surface area (Å²) in [7, 11) is 0. The molecule has 3 aromatic rings. The van der Waals surface area contributed by atoms with E-state index in [1.807, 2.05) is 84.9 Å². The molecular weight excluding hydrogens is 462 g/mol. The van der Waals surface area contributed by atoms with Crippen LogP contribution in [0.1, 0.15) is 41.9 Å². The van der Waals surface area contributed by atoms with Gasteiger partial charge in [-0.2, -0.15) is 5.26 Å². The van der Waals surface area contributed by atoms with Crippen molar-refractivity contribution >= 4 is 27.5 Å². The Labute approximate surface area is 197 Å². The van der Waals surface area contributed by atoms with Gasteiger partial charge in [-0.1, -0.05) is 88.7 Å². The lowest BCUT2D eigenvalue weighted by atomic mass is 9.82. The van der Waals surface area contributed by atoms with Gasteiger partial charge in [-0.25, -0.2) is 0 Å². The minimum atomic E-state index is -0.265. The molecule has 1 heterocycles. The quantitative estimate of drug-likeness (QED) is 0.367. The second-order valence-electron chi connectivity index (χ2n) is 8.03. The third-order valence-electron chi connectivity index (χ3n) is 5.80. The zero-order chi connectivity index (χ0) is 22.3. The standard InChI is InChI=1S/C28H24BrNO2/c29-23-14-12-21(13-15-23)26-18-25(17-24(31)16-11-20-7-3-1-4-8-20)32-28(27(26)19-30)22-9-5-2-6-10-22/h1-10,12-15,25-26H,11,16-18H2/t25-,26-/m1/s1. The summed E-state index contributed by atoms with van der Waals surface area (Å²) < 4.78 is 7.29. The van der Waals surface area contributed by atoms with Gasteiger partial charge in [0.15, 0.2) is 0 Å². The van der Waals surface area contributed by atoms with Crippen molar-refractivity contribution in [3.05, 3.63) is 112 Å². The van der Waals surface area contributed by atoms with Gasteiger partial charge in [0.05, 0.1) is 11.6 Å². The highest BCUT2D eigenvalue weighted by molar-refractivity contribution is 9.10. The number of Topliss-reactive ketones (excluding diaryl/α,β-unsaturated/α-hetero) is 1. The number of benzene rings is 3. The predicted octanol–water partition coefficient (Wildman–Crippen LogP) is 6.85. The lowest BCUT2D eigenvalue weighted by Gasteiger charge is -2.32. The van der Waals surface area contributed by atoms with E-state index in [0.29, 0.717) is 30.6 Å². The summed E-state index contributed by atoms with van der Waals surface area (Å²) in [5.41, 5.74) is 3.71. The molecule has 2 atom stereocenters.